The van der Waals surface area contributed by atoms with Crippen molar-refractivity contribution in [2.45, 2.75) is 33.6 Å². The number of carbonyl (C=O) groups is 1. The summed E-state index contributed by atoms with van der Waals surface area (Å²) in [5.74, 6) is 1.50. The van der Waals surface area contributed by atoms with Crippen LogP contribution in [0.2, 0.25) is 0 Å². The summed E-state index contributed by atoms with van der Waals surface area (Å²) in [6, 6.07) is 1.84. The molecular weight excluding hydrogens is 248 g/mol. The predicted molar refractivity (Wildman–Crippen MR) is 66.6 cm³/mol. The maximum Gasteiger partial charge on any atom is 0.303 e. The first-order valence-corrected chi connectivity index (χ1v) is 6.07. The van der Waals surface area contributed by atoms with E-state index in [-0.39, 0.29) is 12.3 Å². The molecule has 2 aromatic rings. The van der Waals surface area contributed by atoms with Crippen LogP contribution in [0, 0.1) is 19.8 Å². The normalized spacial score (nSPS) is 12.6. The summed E-state index contributed by atoms with van der Waals surface area (Å²) in [4.78, 5) is 10.6. The maximum absolute atomic E-state index is 10.6. The van der Waals surface area contributed by atoms with Crippen molar-refractivity contribution in [2.24, 2.45) is 5.92 Å². The summed E-state index contributed by atoms with van der Waals surface area (Å²) in [5.41, 5.74) is 0.780. The van der Waals surface area contributed by atoms with E-state index in [1.54, 1.807) is 0 Å². The Labute approximate surface area is 110 Å². The first kappa shape index (κ1) is 13.3. The van der Waals surface area contributed by atoms with Crippen LogP contribution < -0.4 is 0 Å². The van der Waals surface area contributed by atoms with Gasteiger partial charge in [-0.1, -0.05) is 6.92 Å². The van der Waals surface area contributed by atoms with Crippen LogP contribution in [0.4, 0.5) is 0 Å². The van der Waals surface area contributed by atoms with Crippen LogP contribution >= 0.6 is 0 Å². The summed E-state index contributed by atoms with van der Waals surface area (Å²) in [5, 5.41) is 16.6. The van der Waals surface area contributed by atoms with E-state index >= 15 is 0 Å². The highest BCUT2D eigenvalue weighted by molar-refractivity contribution is 5.66. The molecule has 1 atom stereocenters. The molecule has 0 spiro atoms. The van der Waals surface area contributed by atoms with Gasteiger partial charge in [-0.15, -0.1) is 10.2 Å². The van der Waals surface area contributed by atoms with Crippen molar-refractivity contribution in [3.8, 4) is 11.5 Å². The van der Waals surface area contributed by atoms with Gasteiger partial charge in [0.1, 0.15) is 11.5 Å². The van der Waals surface area contributed by atoms with Gasteiger partial charge in [-0.05, 0) is 25.8 Å². The molecule has 2 aromatic heterocycles. The number of carboxylic acid groups (broad SMARTS) is 1. The predicted octanol–water partition coefficient (Wildman–Crippen LogP) is 2.60. The minimum atomic E-state index is -0.825. The number of hydrogen-bond acceptors (Lipinski definition) is 5. The lowest BCUT2D eigenvalue weighted by Crippen LogP contribution is -2.07. The van der Waals surface area contributed by atoms with E-state index in [0.29, 0.717) is 18.2 Å². The third-order valence-electron chi connectivity index (χ3n) is 2.78. The van der Waals surface area contributed by atoms with Crippen LogP contribution in [-0.2, 0) is 11.2 Å². The van der Waals surface area contributed by atoms with Crippen LogP contribution in [-0.4, -0.2) is 21.3 Å². The fraction of sp³-hybridized carbons (Fsp3) is 0.462. The number of hydrogen-bond donors (Lipinski definition) is 1. The van der Waals surface area contributed by atoms with E-state index in [0.717, 1.165) is 17.1 Å². The number of furan rings is 1. The molecule has 1 N–H and O–H groups in total. The first-order valence-electron chi connectivity index (χ1n) is 6.07. The second-order valence-electron chi connectivity index (χ2n) is 4.74. The van der Waals surface area contributed by atoms with Gasteiger partial charge in [-0.3, -0.25) is 4.79 Å². The Balaban J connectivity index is 2.11. The second-order valence-corrected chi connectivity index (χ2v) is 4.74. The minimum absolute atomic E-state index is 0.0435. The Kier molecular flexibility index (Phi) is 3.69. The lowest BCUT2D eigenvalue weighted by atomic mass is 10.0. The van der Waals surface area contributed by atoms with Gasteiger partial charge in [0.25, 0.3) is 5.89 Å². The van der Waals surface area contributed by atoms with Gasteiger partial charge < -0.3 is 13.9 Å². The van der Waals surface area contributed by atoms with Crippen molar-refractivity contribution in [1.82, 2.24) is 10.2 Å². The molecule has 0 radical (unpaired) electrons. The van der Waals surface area contributed by atoms with E-state index in [9.17, 15) is 4.79 Å². The molecule has 0 saturated carbocycles. The number of aryl methyl sites for hydroxylation is 2. The molecule has 0 aliphatic heterocycles. The average Bonchev–Trinajstić information content (AvgIpc) is 2.84. The van der Waals surface area contributed by atoms with Crippen LogP contribution in [0.1, 0.15) is 30.8 Å². The third-order valence-corrected chi connectivity index (χ3v) is 2.78. The van der Waals surface area contributed by atoms with Crippen LogP contribution in [0.25, 0.3) is 11.5 Å². The Morgan fingerprint density at radius 1 is 1.37 bits per heavy atom. The molecule has 0 aromatic carbocycles. The van der Waals surface area contributed by atoms with Gasteiger partial charge in [-0.2, -0.15) is 0 Å². The summed E-state index contributed by atoms with van der Waals surface area (Å²) in [6.07, 6.45) is 0.538. The van der Waals surface area contributed by atoms with Gasteiger partial charge in [0.15, 0.2) is 0 Å². The monoisotopic (exact) mass is 264 g/mol. The van der Waals surface area contributed by atoms with E-state index < -0.39 is 5.97 Å². The van der Waals surface area contributed by atoms with Gasteiger partial charge in [0.05, 0.1) is 5.56 Å². The first-order chi connectivity index (χ1) is 8.95. The molecular formula is C13H16N2O4. The zero-order valence-electron chi connectivity index (χ0n) is 11.1. The smallest absolute Gasteiger partial charge is 0.303 e. The van der Waals surface area contributed by atoms with Gasteiger partial charge in [0.2, 0.25) is 5.89 Å². The maximum atomic E-state index is 10.6. The second kappa shape index (κ2) is 5.26. The Bertz CT molecular complexity index is 585. The van der Waals surface area contributed by atoms with Crippen molar-refractivity contribution in [3.63, 3.8) is 0 Å². The molecule has 6 heteroatoms. The fourth-order valence-electron chi connectivity index (χ4n) is 1.96. The summed E-state index contributed by atoms with van der Waals surface area (Å²) >= 11 is 0. The van der Waals surface area contributed by atoms with Crippen LogP contribution in [0.5, 0.6) is 0 Å². The molecule has 2 heterocycles. The number of rotatable bonds is 5. The lowest BCUT2D eigenvalue weighted by molar-refractivity contribution is -0.137. The lowest BCUT2D eigenvalue weighted by Gasteiger charge is -2.03. The van der Waals surface area contributed by atoms with Crippen LogP contribution in [0.15, 0.2) is 14.9 Å². The van der Waals surface area contributed by atoms with Gasteiger partial charge in [-0.25, -0.2) is 0 Å². The van der Waals surface area contributed by atoms with E-state index in [4.69, 9.17) is 13.9 Å². The highest BCUT2D eigenvalue weighted by Crippen LogP contribution is 2.25. The van der Waals surface area contributed by atoms with Gasteiger partial charge in [0, 0.05) is 12.8 Å². The highest BCUT2D eigenvalue weighted by Gasteiger charge is 2.17. The molecule has 0 fully saturated rings. The zero-order chi connectivity index (χ0) is 14.0. The highest BCUT2D eigenvalue weighted by atomic mass is 16.4. The molecule has 19 heavy (non-hydrogen) atoms. The average molecular weight is 264 g/mol. The van der Waals surface area contributed by atoms with Crippen molar-refractivity contribution in [2.75, 3.05) is 0 Å². The van der Waals surface area contributed by atoms with E-state index in [2.05, 4.69) is 10.2 Å². The standard InChI is InChI=1S/C13H16N2O4/c1-7(5-12(16)17)4-11-14-15-13(19-11)10-6-8(2)18-9(10)3/h6-7H,4-5H2,1-3H3,(H,16,17). The zero-order valence-corrected chi connectivity index (χ0v) is 11.1. The summed E-state index contributed by atoms with van der Waals surface area (Å²) in [6.45, 7) is 5.52. The van der Waals surface area contributed by atoms with Crippen molar-refractivity contribution in [3.05, 3.63) is 23.5 Å². The third kappa shape index (κ3) is 3.21. The largest absolute Gasteiger partial charge is 0.481 e. The number of carboxylic acids is 1. The fourth-order valence-corrected chi connectivity index (χ4v) is 1.96. The SMILES string of the molecule is Cc1cc(-c2nnc(CC(C)CC(=O)O)o2)c(C)o1. The molecule has 6 nitrogen and oxygen atoms in total. The molecule has 1 unspecified atom stereocenters. The molecule has 0 bridgehead atoms. The number of aliphatic carboxylic acids is 1. The Morgan fingerprint density at radius 2 is 2.11 bits per heavy atom. The Morgan fingerprint density at radius 3 is 2.68 bits per heavy atom. The molecule has 0 amide bonds. The molecule has 102 valence electrons. The van der Waals surface area contributed by atoms with E-state index in [1.165, 1.54) is 0 Å². The number of aromatic nitrogens is 2. The molecule has 0 aliphatic carbocycles. The van der Waals surface area contributed by atoms with Crippen molar-refractivity contribution in [1.29, 1.82) is 0 Å². The van der Waals surface area contributed by atoms with Crippen molar-refractivity contribution >= 4 is 5.97 Å². The van der Waals surface area contributed by atoms with E-state index in [1.807, 2.05) is 26.8 Å². The molecule has 0 aliphatic rings. The quantitative estimate of drug-likeness (QED) is 0.892. The van der Waals surface area contributed by atoms with Gasteiger partial charge >= 0.3 is 5.97 Å². The number of nitrogens with zero attached hydrogens (tertiary/aromatic N) is 2. The summed E-state index contributed by atoms with van der Waals surface area (Å²) < 4.78 is 10.9. The minimum Gasteiger partial charge on any atom is -0.481 e. The van der Waals surface area contributed by atoms with Crippen molar-refractivity contribution < 1.29 is 18.7 Å². The Hall–Kier alpha value is -2.11. The molecule has 2 rings (SSSR count). The van der Waals surface area contributed by atoms with Crippen LogP contribution in [0.3, 0.4) is 0 Å². The topological polar surface area (TPSA) is 89.4 Å². The summed E-state index contributed by atoms with van der Waals surface area (Å²) in [7, 11) is 0. The molecule has 0 saturated heterocycles.